The summed E-state index contributed by atoms with van der Waals surface area (Å²) in [6, 6.07) is 7.16. The minimum Gasteiger partial charge on any atom is -0.316 e. The number of aromatic nitrogens is 5. The molecule has 0 radical (unpaired) electrons. The summed E-state index contributed by atoms with van der Waals surface area (Å²) < 4.78 is 16.7. The molecule has 0 bridgehead atoms. The lowest BCUT2D eigenvalue weighted by molar-refractivity contribution is 0.452. The number of imidazole rings is 1. The fourth-order valence-electron chi connectivity index (χ4n) is 3.95. The standard InChI is InChI=1S/C21H21FN6/c1-12-6-19(27-28-11-13(2)24-21(12)28)15-7-17(22)16-9-18(25-26-20(16)8-15)14-4-3-5-23-10-14/h6-9,11,14,23H,3-5,10H2,1-2H3. The Kier molecular flexibility index (Phi) is 4.05. The van der Waals surface area contributed by atoms with Gasteiger partial charge in [-0.2, -0.15) is 15.3 Å². The number of nitrogens with zero attached hydrogens (tertiary/aromatic N) is 5. The largest absolute Gasteiger partial charge is 0.316 e. The second-order valence-corrected chi connectivity index (χ2v) is 7.57. The lowest BCUT2D eigenvalue weighted by Crippen LogP contribution is -2.29. The van der Waals surface area contributed by atoms with Gasteiger partial charge in [0.2, 0.25) is 0 Å². The van der Waals surface area contributed by atoms with E-state index < -0.39 is 0 Å². The molecule has 0 aliphatic carbocycles. The van der Waals surface area contributed by atoms with Gasteiger partial charge in [0.1, 0.15) is 5.82 Å². The zero-order chi connectivity index (χ0) is 19.3. The van der Waals surface area contributed by atoms with E-state index in [0.717, 1.165) is 48.5 Å². The van der Waals surface area contributed by atoms with Crippen molar-refractivity contribution in [2.45, 2.75) is 32.6 Å². The van der Waals surface area contributed by atoms with Crippen molar-refractivity contribution in [2.24, 2.45) is 0 Å². The van der Waals surface area contributed by atoms with Crippen LogP contribution in [-0.4, -0.2) is 37.9 Å². The maximum Gasteiger partial charge on any atom is 0.156 e. The Bertz CT molecular complexity index is 1190. The molecule has 1 aliphatic rings. The predicted octanol–water partition coefficient (Wildman–Crippen LogP) is 3.56. The lowest BCUT2D eigenvalue weighted by atomic mass is 9.95. The fraction of sp³-hybridized carbons (Fsp3) is 0.333. The van der Waals surface area contributed by atoms with E-state index in [-0.39, 0.29) is 5.82 Å². The molecule has 1 N–H and O–H groups in total. The van der Waals surface area contributed by atoms with Crippen LogP contribution < -0.4 is 5.32 Å². The van der Waals surface area contributed by atoms with Crippen LogP contribution in [0, 0.1) is 19.7 Å². The van der Waals surface area contributed by atoms with Gasteiger partial charge in [-0.05, 0) is 63.1 Å². The number of piperidine rings is 1. The molecule has 1 fully saturated rings. The molecular weight excluding hydrogens is 355 g/mol. The maximum atomic E-state index is 15.0. The third-order valence-corrected chi connectivity index (χ3v) is 5.41. The van der Waals surface area contributed by atoms with E-state index in [1.807, 2.05) is 38.2 Å². The van der Waals surface area contributed by atoms with Crippen LogP contribution in [0.25, 0.3) is 27.8 Å². The van der Waals surface area contributed by atoms with E-state index >= 15 is 0 Å². The van der Waals surface area contributed by atoms with Crippen molar-refractivity contribution < 1.29 is 4.39 Å². The lowest BCUT2D eigenvalue weighted by Gasteiger charge is -2.21. The van der Waals surface area contributed by atoms with Gasteiger partial charge in [-0.1, -0.05) is 0 Å². The van der Waals surface area contributed by atoms with Gasteiger partial charge >= 0.3 is 0 Å². The first-order valence-electron chi connectivity index (χ1n) is 9.60. The number of hydrogen-bond acceptors (Lipinski definition) is 5. The molecule has 28 heavy (non-hydrogen) atoms. The van der Waals surface area contributed by atoms with Crippen molar-refractivity contribution >= 4 is 16.6 Å². The second kappa shape index (κ2) is 6.60. The van der Waals surface area contributed by atoms with E-state index in [1.165, 1.54) is 6.07 Å². The molecule has 4 aromatic rings. The molecule has 4 heterocycles. The molecule has 6 nitrogen and oxygen atoms in total. The average molecular weight is 376 g/mol. The van der Waals surface area contributed by atoms with Crippen LogP contribution >= 0.6 is 0 Å². The van der Waals surface area contributed by atoms with Crippen LogP contribution in [0.2, 0.25) is 0 Å². The first-order valence-corrected chi connectivity index (χ1v) is 9.60. The Labute approximate surface area is 161 Å². The topological polar surface area (TPSA) is 68.0 Å². The van der Waals surface area contributed by atoms with Crippen molar-refractivity contribution in [3.8, 4) is 11.3 Å². The van der Waals surface area contributed by atoms with Crippen LogP contribution in [0.15, 0.2) is 30.5 Å². The first kappa shape index (κ1) is 17.2. The zero-order valence-electron chi connectivity index (χ0n) is 15.9. The third-order valence-electron chi connectivity index (χ3n) is 5.41. The van der Waals surface area contributed by atoms with Gasteiger partial charge in [0, 0.05) is 23.4 Å². The number of aryl methyl sites for hydroxylation is 2. The van der Waals surface area contributed by atoms with E-state index in [1.54, 1.807) is 4.52 Å². The van der Waals surface area contributed by atoms with Crippen LogP contribution in [0.4, 0.5) is 4.39 Å². The summed E-state index contributed by atoms with van der Waals surface area (Å²) in [5.74, 6) is -0.00490. The van der Waals surface area contributed by atoms with Crippen LogP contribution in [0.1, 0.15) is 35.7 Å². The van der Waals surface area contributed by atoms with Gasteiger partial charge in [-0.15, -0.1) is 0 Å². The molecule has 0 spiro atoms. The highest BCUT2D eigenvalue weighted by Gasteiger charge is 2.19. The van der Waals surface area contributed by atoms with Gasteiger partial charge in [0.05, 0.1) is 28.8 Å². The molecule has 0 amide bonds. The van der Waals surface area contributed by atoms with E-state index in [4.69, 9.17) is 0 Å². The van der Waals surface area contributed by atoms with Gasteiger partial charge in [0.25, 0.3) is 0 Å². The molecule has 1 saturated heterocycles. The van der Waals surface area contributed by atoms with Crippen molar-refractivity contribution in [3.05, 3.63) is 53.2 Å². The number of benzene rings is 1. The molecule has 0 saturated carbocycles. The highest BCUT2D eigenvalue weighted by Crippen LogP contribution is 2.29. The van der Waals surface area contributed by atoms with Gasteiger partial charge < -0.3 is 5.32 Å². The summed E-state index contributed by atoms with van der Waals surface area (Å²) >= 11 is 0. The number of fused-ring (bicyclic) bond motifs is 2. The van der Waals surface area contributed by atoms with Crippen molar-refractivity contribution in [3.63, 3.8) is 0 Å². The zero-order valence-corrected chi connectivity index (χ0v) is 15.9. The summed E-state index contributed by atoms with van der Waals surface area (Å²) in [5.41, 5.74) is 5.47. The molecule has 7 heteroatoms. The quantitative estimate of drug-likeness (QED) is 0.579. The van der Waals surface area contributed by atoms with E-state index in [9.17, 15) is 4.39 Å². The van der Waals surface area contributed by atoms with Crippen LogP contribution in [0.5, 0.6) is 0 Å². The Hall–Kier alpha value is -2.93. The summed E-state index contributed by atoms with van der Waals surface area (Å²) in [4.78, 5) is 4.47. The van der Waals surface area contributed by atoms with Crippen LogP contribution in [0.3, 0.4) is 0 Å². The molecule has 5 rings (SSSR count). The van der Waals surface area contributed by atoms with Crippen LogP contribution in [-0.2, 0) is 0 Å². The number of rotatable bonds is 2. The maximum absolute atomic E-state index is 15.0. The molecule has 3 aromatic heterocycles. The average Bonchev–Trinajstić information content (AvgIpc) is 3.09. The molecule has 1 aliphatic heterocycles. The molecule has 142 valence electrons. The predicted molar refractivity (Wildman–Crippen MR) is 106 cm³/mol. The summed E-state index contributed by atoms with van der Waals surface area (Å²) in [5, 5.41) is 17.2. The highest BCUT2D eigenvalue weighted by molar-refractivity contribution is 5.84. The summed E-state index contributed by atoms with van der Waals surface area (Å²) in [6.45, 7) is 5.81. The number of halogens is 1. The SMILES string of the molecule is Cc1cn2nc(-c3cc(F)c4cc(C5CCCNC5)nnc4c3)cc(C)c2n1. The van der Waals surface area contributed by atoms with Gasteiger partial charge in [-0.3, -0.25) is 0 Å². The third kappa shape index (κ3) is 2.92. The molecule has 1 aromatic carbocycles. The van der Waals surface area contributed by atoms with Crippen molar-refractivity contribution in [1.29, 1.82) is 0 Å². The van der Waals surface area contributed by atoms with E-state index in [0.29, 0.717) is 28.1 Å². The minimum absolute atomic E-state index is 0.293. The Balaban J connectivity index is 1.59. The Morgan fingerprint density at radius 1 is 1.14 bits per heavy atom. The smallest absolute Gasteiger partial charge is 0.156 e. The summed E-state index contributed by atoms with van der Waals surface area (Å²) in [6.07, 6.45) is 4.03. The van der Waals surface area contributed by atoms with E-state index in [2.05, 4.69) is 25.6 Å². The fourth-order valence-corrected chi connectivity index (χ4v) is 3.95. The normalized spacial score (nSPS) is 17.5. The van der Waals surface area contributed by atoms with Gasteiger partial charge in [-0.25, -0.2) is 13.9 Å². The minimum atomic E-state index is -0.297. The number of nitrogens with one attached hydrogen (secondary N) is 1. The molecular formula is C21H21FN6. The Morgan fingerprint density at radius 3 is 2.86 bits per heavy atom. The highest BCUT2D eigenvalue weighted by atomic mass is 19.1. The van der Waals surface area contributed by atoms with Crippen molar-refractivity contribution in [2.75, 3.05) is 13.1 Å². The molecule has 1 unspecified atom stereocenters. The first-order chi connectivity index (χ1) is 13.6. The monoisotopic (exact) mass is 376 g/mol. The molecule has 1 atom stereocenters. The Morgan fingerprint density at radius 2 is 2.04 bits per heavy atom. The second-order valence-electron chi connectivity index (χ2n) is 7.57. The number of hydrogen-bond donors (Lipinski definition) is 1. The van der Waals surface area contributed by atoms with Crippen molar-refractivity contribution in [1.82, 2.24) is 30.1 Å². The van der Waals surface area contributed by atoms with Gasteiger partial charge in [0.15, 0.2) is 5.65 Å². The summed E-state index contributed by atoms with van der Waals surface area (Å²) in [7, 11) is 0.